The fourth-order valence-electron chi connectivity index (χ4n) is 4.45. The Balaban J connectivity index is 2.09. The van der Waals surface area contributed by atoms with E-state index in [4.69, 9.17) is 18.9 Å². The minimum absolute atomic E-state index is 0.630. The second-order valence-electron chi connectivity index (χ2n) is 6.94. The highest BCUT2D eigenvalue weighted by molar-refractivity contribution is 5.66. The molecule has 1 heterocycles. The predicted molar refractivity (Wildman–Crippen MR) is 94.9 cm³/mol. The van der Waals surface area contributed by atoms with E-state index in [1.54, 1.807) is 14.2 Å². The zero-order valence-electron chi connectivity index (χ0n) is 15.3. The molecule has 1 aliphatic heterocycles. The number of methoxy groups -OCH3 is 2. The molecule has 2 aromatic rings. The quantitative estimate of drug-likeness (QED) is 0.788. The van der Waals surface area contributed by atoms with Gasteiger partial charge in [0.1, 0.15) is 5.60 Å². The van der Waals surface area contributed by atoms with Crippen molar-refractivity contribution in [2.24, 2.45) is 0 Å². The van der Waals surface area contributed by atoms with Gasteiger partial charge in [-0.15, -0.1) is 0 Å². The molecule has 0 aromatic heterocycles. The van der Waals surface area contributed by atoms with Crippen LogP contribution in [0.2, 0.25) is 0 Å². The maximum Gasteiger partial charge on any atom is 0.509 e. The highest BCUT2D eigenvalue weighted by Crippen LogP contribution is 2.54. The van der Waals surface area contributed by atoms with Crippen molar-refractivity contribution in [3.05, 3.63) is 70.8 Å². The number of ether oxygens (including phenoxy) is 4. The Kier molecular flexibility index (Phi) is 3.82. The van der Waals surface area contributed by atoms with Crippen molar-refractivity contribution in [3.8, 4) is 0 Å². The van der Waals surface area contributed by atoms with Crippen LogP contribution in [0, 0.1) is 6.92 Å². The lowest BCUT2D eigenvalue weighted by molar-refractivity contribution is -0.162. The summed E-state index contributed by atoms with van der Waals surface area (Å²) in [6.07, 6.45) is -2.00. The summed E-state index contributed by atoms with van der Waals surface area (Å²) in [6, 6.07) is 15.9. The van der Waals surface area contributed by atoms with Crippen LogP contribution in [0.3, 0.4) is 0 Å². The molecule has 0 amide bonds. The Bertz CT molecular complexity index is 863. The summed E-state index contributed by atoms with van der Waals surface area (Å²) in [5.41, 5.74) is 2.02. The molecule has 0 unspecified atom stereocenters. The summed E-state index contributed by atoms with van der Waals surface area (Å²) < 4.78 is 23.3. The van der Waals surface area contributed by atoms with Gasteiger partial charge in [0.25, 0.3) is 0 Å². The molecule has 1 aliphatic carbocycles. The molecule has 0 radical (unpaired) electrons. The van der Waals surface area contributed by atoms with Gasteiger partial charge < -0.3 is 18.9 Å². The van der Waals surface area contributed by atoms with E-state index in [-0.39, 0.29) is 0 Å². The van der Waals surface area contributed by atoms with Crippen molar-refractivity contribution in [3.63, 3.8) is 0 Å². The van der Waals surface area contributed by atoms with Gasteiger partial charge in [-0.1, -0.05) is 48.5 Å². The topological polar surface area (TPSA) is 54.0 Å². The van der Waals surface area contributed by atoms with Crippen LogP contribution in [0.25, 0.3) is 0 Å². The van der Waals surface area contributed by atoms with Crippen LogP contribution in [0.4, 0.5) is 4.79 Å². The average Bonchev–Trinajstić information content (AvgIpc) is 3.06. The van der Waals surface area contributed by atoms with Gasteiger partial charge in [-0.3, -0.25) is 0 Å². The van der Waals surface area contributed by atoms with Crippen molar-refractivity contribution in [1.82, 2.24) is 0 Å². The summed E-state index contributed by atoms with van der Waals surface area (Å²) >= 11 is 0. The molecule has 1 saturated heterocycles. The first-order chi connectivity index (χ1) is 12.5. The van der Waals surface area contributed by atoms with Crippen molar-refractivity contribution in [2.45, 2.75) is 37.3 Å². The molecule has 2 aliphatic rings. The van der Waals surface area contributed by atoms with Gasteiger partial charge in [0, 0.05) is 14.2 Å². The van der Waals surface area contributed by atoms with E-state index in [2.05, 4.69) is 0 Å². The largest absolute Gasteiger partial charge is 0.509 e. The zero-order valence-corrected chi connectivity index (χ0v) is 15.3. The molecule has 26 heavy (non-hydrogen) atoms. The van der Waals surface area contributed by atoms with Crippen LogP contribution in [0.5, 0.6) is 0 Å². The molecule has 2 aromatic carbocycles. The van der Waals surface area contributed by atoms with Gasteiger partial charge in [0.05, 0.1) is 0 Å². The molecule has 0 spiro atoms. The third-order valence-electron chi connectivity index (χ3n) is 5.82. The van der Waals surface area contributed by atoms with Gasteiger partial charge in [-0.2, -0.15) is 0 Å². The van der Waals surface area contributed by atoms with Gasteiger partial charge in [-0.25, -0.2) is 4.79 Å². The second-order valence-corrected chi connectivity index (χ2v) is 6.94. The normalized spacial score (nSPS) is 32.4. The van der Waals surface area contributed by atoms with E-state index in [0.29, 0.717) is 0 Å². The molecule has 0 saturated carbocycles. The van der Waals surface area contributed by atoms with E-state index in [1.807, 2.05) is 62.4 Å². The number of hydrogen-bond donors (Lipinski definition) is 0. The lowest BCUT2D eigenvalue weighted by Gasteiger charge is -2.50. The van der Waals surface area contributed by atoms with Gasteiger partial charge in [0.2, 0.25) is 0 Å². The van der Waals surface area contributed by atoms with Crippen LogP contribution in [0.1, 0.15) is 29.2 Å². The monoisotopic (exact) mass is 354 g/mol. The van der Waals surface area contributed by atoms with Gasteiger partial charge in [-0.05, 0) is 36.1 Å². The number of benzene rings is 2. The first-order valence-electron chi connectivity index (χ1n) is 8.62. The minimum atomic E-state index is -0.975. The van der Waals surface area contributed by atoms with Crippen LogP contribution < -0.4 is 0 Å². The maximum absolute atomic E-state index is 12.1. The number of aryl methyl sites for hydroxylation is 1. The van der Waals surface area contributed by atoms with Crippen molar-refractivity contribution in [2.75, 3.05) is 14.2 Å². The van der Waals surface area contributed by atoms with Gasteiger partial charge in [0.15, 0.2) is 17.8 Å². The zero-order chi connectivity index (χ0) is 18.5. The molecule has 1 fully saturated rings. The van der Waals surface area contributed by atoms with Crippen LogP contribution >= 0.6 is 0 Å². The van der Waals surface area contributed by atoms with Gasteiger partial charge >= 0.3 is 6.16 Å². The highest BCUT2D eigenvalue weighted by atomic mass is 16.8. The van der Waals surface area contributed by atoms with Crippen molar-refractivity contribution < 1.29 is 23.7 Å². The van der Waals surface area contributed by atoms with Crippen molar-refractivity contribution >= 4 is 6.16 Å². The Hall–Kier alpha value is -2.37. The third kappa shape index (κ3) is 2.01. The van der Waals surface area contributed by atoms with E-state index in [0.717, 1.165) is 22.3 Å². The average molecular weight is 354 g/mol. The molecule has 5 nitrogen and oxygen atoms in total. The number of rotatable bonds is 3. The maximum atomic E-state index is 12.1. The second kappa shape index (κ2) is 5.83. The lowest BCUT2D eigenvalue weighted by atomic mass is 9.65. The lowest BCUT2D eigenvalue weighted by Crippen LogP contribution is -2.60. The Labute approximate surface area is 152 Å². The molecule has 5 heteroatoms. The summed E-state index contributed by atoms with van der Waals surface area (Å²) in [4.78, 5) is 12.1. The third-order valence-corrected chi connectivity index (χ3v) is 5.82. The fourth-order valence-corrected chi connectivity index (χ4v) is 4.45. The Morgan fingerprint density at radius 2 is 1.42 bits per heavy atom. The molecular weight excluding hydrogens is 332 g/mol. The van der Waals surface area contributed by atoms with Crippen LogP contribution in [-0.2, 0) is 30.1 Å². The Morgan fingerprint density at radius 1 is 0.846 bits per heavy atom. The van der Waals surface area contributed by atoms with Crippen LogP contribution in [0.15, 0.2) is 48.5 Å². The Morgan fingerprint density at radius 3 is 2.04 bits per heavy atom. The first kappa shape index (κ1) is 17.1. The summed E-state index contributed by atoms with van der Waals surface area (Å²) in [5.74, 6) is 0. The summed E-state index contributed by atoms with van der Waals surface area (Å²) in [6.45, 7) is 3.94. The SMILES string of the molecule is CO[C@@]1(c2ccccc2C)c2ccccc2[C@@](C)(OC)[C@H]2OC(=O)O[C@H]21. The molecule has 0 N–H and O–H groups in total. The molecule has 4 atom stereocenters. The molecule has 136 valence electrons. The highest BCUT2D eigenvalue weighted by Gasteiger charge is 2.65. The fraction of sp³-hybridized carbons (Fsp3) is 0.381. The number of carbonyl (C=O) groups excluding carboxylic acids is 1. The predicted octanol–water partition coefficient (Wildman–Crippen LogP) is 3.66. The summed E-state index contributed by atoms with van der Waals surface area (Å²) in [5, 5.41) is 0. The van der Waals surface area contributed by atoms with Crippen LogP contribution in [-0.4, -0.2) is 32.6 Å². The molecule has 0 bridgehead atoms. The smallest absolute Gasteiger partial charge is 0.423 e. The molecular formula is C21H22O5. The summed E-state index contributed by atoms with van der Waals surface area (Å²) in [7, 11) is 3.26. The van der Waals surface area contributed by atoms with E-state index in [1.165, 1.54) is 0 Å². The van der Waals surface area contributed by atoms with Crippen molar-refractivity contribution in [1.29, 1.82) is 0 Å². The first-order valence-corrected chi connectivity index (χ1v) is 8.62. The van der Waals surface area contributed by atoms with E-state index < -0.39 is 29.6 Å². The van der Waals surface area contributed by atoms with E-state index >= 15 is 0 Å². The standard InChI is InChI=1S/C21H22O5/c1-13-9-5-6-10-14(13)21(24-4)16-12-8-7-11-15(16)20(2,23-3)17-18(21)26-19(22)25-17/h5-12,17-18H,1-4H3/t17-,18+,20+,21-/m0/s1. The number of carbonyl (C=O) groups is 1. The molecule has 4 rings (SSSR count). The minimum Gasteiger partial charge on any atom is -0.423 e. The number of fused-ring (bicyclic) bond motifs is 2. The van der Waals surface area contributed by atoms with E-state index in [9.17, 15) is 4.79 Å². The number of hydrogen-bond acceptors (Lipinski definition) is 5.